The van der Waals surface area contributed by atoms with Crippen LogP contribution < -0.4 is 5.73 Å². The minimum Gasteiger partial charge on any atom is -0.508 e. The van der Waals surface area contributed by atoms with Crippen molar-refractivity contribution in [2.45, 2.75) is 13.5 Å². The molecule has 2 nitrogen and oxygen atoms in total. The van der Waals surface area contributed by atoms with E-state index in [2.05, 4.69) is 0 Å². The maximum Gasteiger partial charge on any atom is 0.115 e. The van der Waals surface area contributed by atoms with Crippen molar-refractivity contribution in [2.24, 2.45) is 5.73 Å². The Hall–Kier alpha value is -1.02. The second kappa shape index (κ2) is 2.71. The lowest BCUT2D eigenvalue weighted by atomic mass is 10.1. The number of hydrogen-bond acceptors (Lipinski definition) is 2. The van der Waals surface area contributed by atoms with Crippen LogP contribution in [0.15, 0.2) is 18.2 Å². The van der Waals surface area contributed by atoms with Gasteiger partial charge in [0, 0.05) is 6.54 Å². The monoisotopic (exact) mass is 137 g/mol. The van der Waals surface area contributed by atoms with Crippen LogP contribution in [0.25, 0.3) is 0 Å². The Kier molecular flexibility index (Phi) is 1.92. The lowest BCUT2D eigenvalue weighted by Gasteiger charge is -2.01. The van der Waals surface area contributed by atoms with Gasteiger partial charge in [-0.2, -0.15) is 0 Å². The fourth-order valence-corrected chi connectivity index (χ4v) is 0.909. The molecule has 0 atom stereocenters. The van der Waals surface area contributed by atoms with Crippen LogP contribution in [0.4, 0.5) is 0 Å². The van der Waals surface area contributed by atoms with E-state index in [0.717, 1.165) is 11.1 Å². The molecule has 0 aliphatic heterocycles. The minimum absolute atomic E-state index is 0.301. The summed E-state index contributed by atoms with van der Waals surface area (Å²) in [6.45, 7) is 2.47. The number of aromatic hydroxyl groups is 1. The molecule has 3 N–H and O–H groups in total. The number of hydrogen-bond donors (Lipinski definition) is 2. The number of rotatable bonds is 1. The van der Waals surface area contributed by atoms with Crippen LogP contribution in [0.1, 0.15) is 11.1 Å². The molecule has 1 aromatic carbocycles. The highest BCUT2D eigenvalue weighted by molar-refractivity contribution is 5.33. The molecule has 54 valence electrons. The molecule has 2 heteroatoms. The SMILES string of the molecule is Cc1cc(O)ccc1CN. The molecule has 0 unspecified atom stereocenters. The fraction of sp³-hybridized carbons (Fsp3) is 0.250. The predicted octanol–water partition coefficient (Wildman–Crippen LogP) is 1.16. The van der Waals surface area contributed by atoms with Crippen molar-refractivity contribution in [2.75, 3.05) is 0 Å². The highest BCUT2D eigenvalue weighted by atomic mass is 16.3. The quantitative estimate of drug-likeness (QED) is 0.610. The van der Waals surface area contributed by atoms with E-state index in [4.69, 9.17) is 10.8 Å². The molecule has 0 bridgehead atoms. The van der Waals surface area contributed by atoms with Crippen molar-refractivity contribution in [1.29, 1.82) is 0 Å². The predicted molar refractivity (Wildman–Crippen MR) is 40.7 cm³/mol. The number of phenolic OH excluding ortho intramolecular Hbond substituents is 1. The van der Waals surface area contributed by atoms with E-state index in [-0.39, 0.29) is 0 Å². The Morgan fingerprint density at radius 3 is 2.70 bits per heavy atom. The maximum absolute atomic E-state index is 8.99. The average molecular weight is 137 g/mol. The van der Waals surface area contributed by atoms with Crippen molar-refractivity contribution in [3.8, 4) is 5.75 Å². The van der Waals surface area contributed by atoms with Crippen molar-refractivity contribution >= 4 is 0 Å². The summed E-state index contributed by atoms with van der Waals surface area (Å²) >= 11 is 0. The van der Waals surface area contributed by atoms with Gasteiger partial charge in [-0.1, -0.05) is 6.07 Å². The third-order valence-corrected chi connectivity index (χ3v) is 1.55. The molecule has 0 aliphatic rings. The summed E-state index contributed by atoms with van der Waals surface area (Å²) in [7, 11) is 0. The minimum atomic E-state index is 0.301. The Labute approximate surface area is 60.3 Å². The van der Waals surface area contributed by atoms with Crippen LogP contribution >= 0.6 is 0 Å². The molecule has 0 saturated carbocycles. The number of aryl methyl sites for hydroxylation is 1. The molecular weight excluding hydrogens is 126 g/mol. The van der Waals surface area contributed by atoms with Crippen molar-refractivity contribution in [3.63, 3.8) is 0 Å². The molecule has 1 rings (SSSR count). The van der Waals surface area contributed by atoms with Crippen LogP contribution in [0.3, 0.4) is 0 Å². The fourth-order valence-electron chi connectivity index (χ4n) is 0.909. The van der Waals surface area contributed by atoms with Gasteiger partial charge in [-0.3, -0.25) is 0 Å². The van der Waals surface area contributed by atoms with E-state index in [0.29, 0.717) is 12.3 Å². The van der Waals surface area contributed by atoms with Crippen molar-refractivity contribution in [3.05, 3.63) is 29.3 Å². The maximum atomic E-state index is 8.99. The molecule has 0 aromatic heterocycles. The lowest BCUT2D eigenvalue weighted by Crippen LogP contribution is -1.97. The first-order chi connectivity index (χ1) is 4.74. The summed E-state index contributed by atoms with van der Waals surface area (Å²) in [6, 6.07) is 5.20. The van der Waals surface area contributed by atoms with Gasteiger partial charge in [0.15, 0.2) is 0 Å². The summed E-state index contributed by atoms with van der Waals surface area (Å²) in [5, 5.41) is 8.99. The highest BCUT2D eigenvalue weighted by Crippen LogP contribution is 2.14. The zero-order valence-electron chi connectivity index (χ0n) is 5.96. The van der Waals surface area contributed by atoms with Crippen LogP contribution in [-0.2, 0) is 6.54 Å². The van der Waals surface area contributed by atoms with Crippen molar-refractivity contribution < 1.29 is 5.11 Å². The van der Waals surface area contributed by atoms with Crippen LogP contribution in [-0.4, -0.2) is 5.11 Å². The molecule has 0 fully saturated rings. The smallest absolute Gasteiger partial charge is 0.115 e. The standard InChI is InChI=1S/C8H11NO/c1-6-4-8(10)3-2-7(6)5-9/h2-4,10H,5,9H2,1H3. The van der Waals surface area contributed by atoms with Gasteiger partial charge in [0.05, 0.1) is 0 Å². The summed E-state index contributed by atoms with van der Waals surface area (Å²) < 4.78 is 0. The van der Waals surface area contributed by atoms with E-state index >= 15 is 0 Å². The van der Waals surface area contributed by atoms with Crippen LogP contribution in [0, 0.1) is 6.92 Å². The third kappa shape index (κ3) is 1.28. The normalized spacial score (nSPS) is 9.80. The van der Waals surface area contributed by atoms with Gasteiger partial charge >= 0.3 is 0 Å². The number of nitrogens with two attached hydrogens (primary N) is 1. The molecule has 1 aromatic rings. The second-order valence-electron chi connectivity index (χ2n) is 2.31. The molecule has 0 saturated heterocycles. The lowest BCUT2D eigenvalue weighted by molar-refractivity contribution is 0.474. The molecule has 0 aliphatic carbocycles. The molecular formula is C8H11NO. The van der Waals surface area contributed by atoms with E-state index in [1.807, 2.05) is 13.0 Å². The number of benzene rings is 1. The Bertz CT molecular complexity index is 233. The second-order valence-corrected chi connectivity index (χ2v) is 2.31. The molecule has 0 heterocycles. The topological polar surface area (TPSA) is 46.2 Å². The first-order valence-corrected chi connectivity index (χ1v) is 3.22. The summed E-state index contributed by atoms with van der Waals surface area (Å²) in [6.07, 6.45) is 0. The van der Waals surface area contributed by atoms with E-state index < -0.39 is 0 Å². The average Bonchev–Trinajstić information content (AvgIpc) is 1.88. The van der Waals surface area contributed by atoms with E-state index in [1.54, 1.807) is 12.1 Å². The van der Waals surface area contributed by atoms with Gasteiger partial charge in [0.2, 0.25) is 0 Å². The van der Waals surface area contributed by atoms with E-state index in [9.17, 15) is 0 Å². The number of phenols is 1. The Balaban J connectivity index is 3.07. The first kappa shape index (κ1) is 7.09. The van der Waals surface area contributed by atoms with Crippen LogP contribution in [0.5, 0.6) is 5.75 Å². The molecule has 0 spiro atoms. The first-order valence-electron chi connectivity index (χ1n) is 3.22. The van der Waals surface area contributed by atoms with Gasteiger partial charge in [-0.15, -0.1) is 0 Å². The zero-order valence-corrected chi connectivity index (χ0v) is 5.96. The van der Waals surface area contributed by atoms with E-state index in [1.165, 1.54) is 0 Å². The van der Waals surface area contributed by atoms with Crippen LogP contribution in [0.2, 0.25) is 0 Å². The molecule has 0 amide bonds. The molecule has 0 radical (unpaired) electrons. The molecule has 10 heavy (non-hydrogen) atoms. The largest absolute Gasteiger partial charge is 0.508 e. The van der Waals surface area contributed by atoms with Gasteiger partial charge in [-0.25, -0.2) is 0 Å². The summed E-state index contributed by atoms with van der Waals surface area (Å²) in [5.41, 5.74) is 7.54. The Morgan fingerprint density at radius 2 is 2.20 bits per heavy atom. The third-order valence-electron chi connectivity index (χ3n) is 1.55. The van der Waals surface area contributed by atoms with Gasteiger partial charge in [0.1, 0.15) is 5.75 Å². The van der Waals surface area contributed by atoms with Gasteiger partial charge in [0.25, 0.3) is 0 Å². The summed E-state index contributed by atoms with van der Waals surface area (Å²) in [4.78, 5) is 0. The Morgan fingerprint density at radius 1 is 1.50 bits per heavy atom. The zero-order chi connectivity index (χ0) is 7.56. The highest BCUT2D eigenvalue weighted by Gasteiger charge is 1.94. The van der Waals surface area contributed by atoms with Gasteiger partial charge < -0.3 is 10.8 Å². The summed E-state index contributed by atoms with van der Waals surface area (Å²) in [5.74, 6) is 0.301. The van der Waals surface area contributed by atoms with Gasteiger partial charge in [-0.05, 0) is 30.2 Å². The van der Waals surface area contributed by atoms with Crippen molar-refractivity contribution in [1.82, 2.24) is 0 Å².